The fraction of sp³-hybridized carbons (Fsp3) is 0.273. The van der Waals surface area contributed by atoms with Crippen molar-refractivity contribution >= 4 is 10.0 Å². The van der Waals surface area contributed by atoms with Crippen molar-refractivity contribution in [3.05, 3.63) is 70.0 Å². The molecule has 0 saturated carbocycles. The lowest BCUT2D eigenvalue weighted by Crippen LogP contribution is -2.32. The lowest BCUT2D eigenvalue weighted by molar-refractivity contribution is 0.411. The van der Waals surface area contributed by atoms with Gasteiger partial charge in [-0.2, -0.15) is 5.10 Å². The first kappa shape index (κ1) is 22.5. The highest BCUT2D eigenvalue weighted by atomic mass is 32.2. The Morgan fingerprint density at radius 1 is 0.968 bits per heavy atom. The molecule has 3 aromatic rings. The molecule has 0 fully saturated rings. The van der Waals surface area contributed by atoms with Crippen LogP contribution in [-0.4, -0.2) is 39.0 Å². The molecule has 9 heteroatoms. The molecule has 0 unspecified atom stereocenters. The molecule has 2 aromatic carbocycles. The number of benzene rings is 2. The van der Waals surface area contributed by atoms with Gasteiger partial charge in [-0.25, -0.2) is 17.8 Å². The van der Waals surface area contributed by atoms with Crippen LogP contribution in [0.5, 0.6) is 11.5 Å². The molecule has 0 aliphatic heterocycles. The summed E-state index contributed by atoms with van der Waals surface area (Å²) >= 11 is 0. The smallest absolute Gasteiger partial charge is 0.266 e. The van der Waals surface area contributed by atoms with E-state index in [1.165, 1.54) is 10.7 Å². The van der Waals surface area contributed by atoms with Crippen LogP contribution >= 0.6 is 0 Å². The molecule has 0 spiro atoms. The van der Waals surface area contributed by atoms with Gasteiger partial charge in [-0.15, -0.1) is 0 Å². The number of aromatic nitrogens is 2. The highest BCUT2D eigenvalue weighted by Crippen LogP contribution is 2.25. The molecule has 0 aliphatic carbocycles. The second-order valence-corrected chi connectivity index (χ2v) is 8.73. The maximum absolute atomic E-state index is 12.8. The number of nitrogens with zero attached hydrogens (tertiary/aromatic N) is 2. The second kappa shape index (κ2) is 9.32. The van der Waals surface area contributed by atoms with Gasteiger partial charge in [0, 0.05) is 18.2 Å². The van der Waals surface area contributed by atoms with E-state index in [-0.39, 0.29) is 23.5 Å². The standard InChI is InChI=1S/C22H25N3O5S/c1-15-14-21(16(2)13-20(15)30-4)31(27,28)23-11-12-25-22(26)10-9-19(24-25)17-5-7-18(29-3)8-6-17/h5-10,13-14,23H,11-12H2,1-4H3. The first-order valence-electron chi connectivity index (χ1n) is 9.62. The summed E-state index contributed by atoms with van der Waals surface area (Å²) in [5.74, 6) is 1.35. The van der Waals surface area contributed by atoms with Crippen molar-refractivity contribution < 1.29 is 17.9 Å². The van der Waals surface area contributed by atoms with E-state index in [1.807, 2.05) is 12.1 Å². The summed E-state index contributed by atoms with van der Waals surface area (Å²) in [6, 6.07) is 13.6. The number of sulfonamides is 1. The third kappa shape index (κ3) is 5.12. The number of methoxy groups -OCH3 is 2. The Hall–Kier alpha value is -3.17. The first-order chi connectivity index (χ1) is 14.7. The molecule has 1 aromatic heterocycles. The van der Waals surface area contributed by atoms with Gasteiger partial charge >= 0.3 is 0 Å². The van der Waals surface area contributed by atoms with E-state index >= 15 is 0 Å². The third-order valence-corrected chi connectivity index (χ3v) is 6.45. The molecule has 1 N–H and O–H groups in total. The maximum Gasteiger partial charge on any atom is 0.266 e. The Morgan fingerprint density at radius 3 is 2.32 bits per heavy atom. The molecule has 3 rings (SSSR count). The van der Waals surface area contributed by atoms with Crippen molar-refractivity contribution in [1.82, 2.24) is 14.5 Å². The van der Waals surface area contributed by atoms with Crippen molar-refractivity contribution in [2.45, 2.75) is 25.3 Å². The fourth-order valence-corrected chi connectivity index (χ4v) is 4.49. The average Bonchev–Trinajstić information content (AvgIpc) is 2.76. The topological polar surface area (TPSA) is 99.5 Å². The SMILES string of the molecule is COc1ccc(-c2ccc(=O)n(CCNS(=O)(=O)c3cc(C)c(OC)cc3C)n2)cc1. The maximum atomic E-state index is 12.8. The van der Waals surface area contributed by atoms with Crippen molar-refractivity contribution in [1.29, 1.82) is 0 Å². The lowest BCUT2D eigenvalue weighted by Gasteiger charge is -2.13. The molecule has 0 atom stereocenters. The van der Waals surface area contributed by atoms with Crippen LogP contribution in [0, 0.1) is 13.8 Å². The Balaban J connectivity index is 1.75. The van der Waals surface area contributed by atoms with Gasteiger partial charge in [-0.1, -0.05) is 0 Å². The Bertz CT molecular complexity index is 1230. The summed E-state index contributed by atoms with van der Waals surface area (Å²) in [7, 11) is -0.627. The number of ether oxygens (including phenoxy) is 2. The molecule has 164 valence electrons. The summed E-state index contributed by atoms with van der Waals surface area (Å²) in [6.07, 6.45) is 0. The van der Waals surface area contributed by atoms with Crippen LogP contribution in [0.25, 0.3) is 11.3 Å². The monoisotopic (exact) mass is 443 g/mol. The fourth-order valence-electron chi connectivity index (χ4n) is 3.16. The summed E-state index contributed by atoms with van der Waals surface area (Å²) < 4.78 is 39.7. The zero-order valence-electron chi connectivity index (χ0n) is 17.9. The van der Waals surface area contributed by atoms with Gasteiger partial charge in [0.05, 0.1) is 31.4 Å². The molecule has 0 saturated heterocycles. The molecule has 1 heterocycles. The lowest BCUT2D eigenvalue weighted by atomic mass is 10.1. The van der Waals surface area contributed by atoms with Crippen LogP contribution < -0.4 is 19.8 Å². The first-order valence-corrected chi connectivity index (χ1v) is 11.1. The number of hydrogen-bond donors (Lipinski definition) is 1. The molecular formula is C22H25N3O5S. The van der Waals surface area contributed by atoms with Crippen molar-refractivity contribution in [2.24, 2.45) is 0 Å². The van der Waals surface area contributed by atoms with Crippen molar-refractivity contribution in [3.63, 3.8) is 0 Å². The second-order valence-electron chi connectivity index (χ2n) is 6.99. The predicted octanol–water partition coefficient (Wildman–Crippen LogP) is 2.52. The predicted molar refractivity (Wildman–Crippen MR) is 118 cm³/mol. The van der Waals surface area contributed by atoms with Gasteiger partial charge in [0.2, 0.25) is 10.0 Å². The van der Waals surface area contributed by atoms with E-state index in [0.29, 0.717) is 17.0 Å². The van der Waals surface area contributed by atoms with Crippen LogP contribution in [0.2, 0.25) is 0 Å². The summed E-state index contributed by atoms with van der Waals surface area (Å²) in [5.41, 5.74) is 2.41. The van der Waals surface area contributed by atoms with Crippen molar-refractivity contribution in [2.75, 3.05) is 20.8 Å². The minimum atomic E-state index is -3.75. The summed E-state index contributed by atoms with van der Waals surface area (Å²) in [5, 5.41) is 4.36. The zero-order chi connectivity index (χ0) is 22.6. The average molecular weight is 444 g/mol. The quantitative estimate of drug-likeness (QED) is 0.574. The zero-order valence-corrected chi connectivity index (χ0v) is 18.7. The Labute approximate surface area is 181 Å². The van der Waals surface area contributed by atoms with Gasteiger partial charge in [0.1, 0.15) is 11.5 Å². The highest BCUT2D eigenvalue weighted by molar-refractivity contribution is 7.89. The van der Waals surface area contributed by atoms with Gasteiger partial charge in [-0.05, 0) is 67.4 Å². The van der Waals surface area contributed by atoms with Crippen LogP contribution in [0.3, 0.4) is 0 Å². The number of nitrogens with one attached hydrogen (secondary N) is 1. The molecule has 31 heavy (non-hydrogen) atoms. The van der Waals surface area contributed by atoms with Gasteiger partial charge in [0.15, 0.2) is 0 Å². The van der Waals surface area contributed by atoms with E-state index in [1.54, 1.807) is 58.4 Å². The van der Waals surface area contributed by atoms with Gasteiger partial charge < -0.3 is 9.47 Å². The molecule has 0 aliphatic rings. The number of rotatable bonds is 8. The van der Waals surface area contributed by atoms with E-state index in [0.717, 1.165) is 16.9 Å². The van der Waals surface area contributed by atoms with Crippen molar-refractivity contribution in [3.8, 4) is 22.8 Å². The molecule has 0 amide bonds. The van der Waals surface area contributed by atoms with Crippen LogP contribution in [0.15, 0.2) is 58.2 Å². The van der Waals surface area contributed by atoms with E-state index in [2.05, 4.69) is 9.82 Å². The number of hydrogen-bond acceptors (Lipinski definition) is 6. The minimum absolute atomic E-state index is 0.0197. The largest absolute Gasteiger partial charge is 0.497 e. The van der Waals surface area contributed by atoms with Gasteiger partial charge in [0.25, 0.3) is 5.56 Å². The normalized spacial score (nSPS) is 11.4. The van der Waals surface area contributed by atoms with Gasteiger partial charge in [-0.3, -0.25) is 4.79 Å². The molecular weight excluding hydrogens is 418 g/mol. The van der Waals surface area contributed by atoms with Crippen LogP contribution in [0.4, 0.5) is 0 Å². The van der Waals surface area contributed by atoms with E-state index in [9.17, 15) is 13.2 Å². The van der Waals surface area contributed by atoms with E-state index < -0.39 is 10.0 Å². The van der Waals surface area contributed by atoms with E-state index in [4.69, 9.17) is 9.47 Å². The Kier molecular flexibility index (Phi) is 6.77. The number of aryl methyl sites for hydroxylation is 2. The minimum Gasteiger partial charge on any atom is -0.497 e. The molecule has 8 nitrogen and oxygen atoms in total. The highest BCUT2D eigenvalue weighted by Gasteiger charge is 2.18. The van der Waals surface area contributed by atoms with Crippen LogP contribution in [0.1, 0.15) is 11.1 Å². The van der Waals surface area contributed by atoms with Crippen LogP contribution in [-0.2, 0) is 16.6 Å². The summed E-state index contributed by atoms with van der Waals surface area (Å²) in [4.78, 5) is 12.4. The Morgan fingerprint density at radius 2 is 1.68 bits per heavy atom. The third-order valence-electron chi connectivity index (χ3n) is 4.85. The summed E-state index contributed by atoms with van der Waals surface area (Å²) in [6.45, 7) is 3.61. The molecule has 0 radical (unpaired) electrons. The molecule has 0 bridgehead atoms.